The molecule has 0 bridgehead atoms. The van der Waals surface area contributed by atoms with Crippen LogP contribution < -0.4 is 10.6 Å². The molecular weight excluding hydrogens is 274 g/mol. The van der Waals surface area contributed by atoms with E-state index in [1.165, 1.54) is 0 Å². The van der Waals surface area contributed by atoms with Gasteiger partial charge in [-0.15, -0.1) is 0 Å². The van der Waals surface area contributed by atoms with Gasteiger partial charge in [0.25, 0.3) is 5.91 Å². The summed E-state index contributed by atoms with van der Waals surface area (Å²) in [6, 6.07) is 8.80. The molecule has 0 aliphatic rings. The second kappa shape index (κ2) is 6.39. The van der Waals surface area contributed by atoms with Crippen LogP contribution in [0.1, 0.15) is 22.8 Å². The monoisotopic (exact) mass is 289 g/mol. The number of carbonyl (C=O) groups is 1. The van der Waals surface area contributed by atoms with Gasteiger partial charge < -0.3 is 10.6 Å². The molecule has 1 heterocycles. The summed E-state index contributed by atoms with van der Waals surface area (Å²) in [5.41, 5.74) is 2.23. The van der Waals surface area contributed by atoms with E-state index >= 15 is 0 Å². The van der Waals surface area contributed by atoms with E-state index in [0.717, 1.165) is 12.1 Å². The first kappa shape index (κ1) is 14.3. The number of rotatable bonds is 4. The molecule has 0 fully saturated rings. The van der Waals surface area contributed by atoms with Crippen molar-refractivity contribution in [3.8, 4) is 0 Å². The standard InChI is InChI=1S/C15H16ClN3O/c1-3-17-14-8-11(6-7-18-14)15(20)19-13-9-12(16)5-4-10(13)2/h4-9H,3H2,1-2H3,(H,17,18)(H,19,20). The molecule has 1 amide bonds. The third kappa shape index (κ3) is 3.48. The number of aromatic nitrogens is 1. The second-order valence-corrected chi connectivity index (χ2v) is 4.81. The molecule has 20 heavy (non-hydrogen) atoms. The highest BCUT2D eigenvalue weighted by molar-refractivity contribution is 6.31. The Balaban J connectivity index is 2.19. The van der Waals surface area contributed by atoms with Gasteiger partial charge in [0.1, 0.15) is 5.82 Å². The van der Waals surface area contributed by atoms with Gasteiger partial charge in [0.05, 0.1) is 0 Å². The topological polar surface area (TPSA) is 54.0 Å². The fraction of sp³-hybridized carbons (Fsp3) is 0.200. The number of anilines is 2. The first-order chi connectivity index (χ1) is 9.60. The van der Waals surface area contributed by atoms with Crippen molar-refractivity contribution in [2.75, 3.05) is 17.2 Å². The van der Waals surface area contributed by atoms with E-state index in [0.29, 0.717) is 22.1 Å². The first-order valence-electron chi connectivity index (χ1n) is 6.37. The van der Waals surface area contributed by atoms with E-state index in [-0.39, 0.29) is 5.91 Å². The molecule has 0 saturated carbocycles. The molecule has 0 saturated heterocycles. The Labute approximate surface area is 123 Å². The van der Waals surface area contributed by atoms with Crippen LogP contribution >= 0.6 is 11.6 Å². The van der Waals surface area contributed by atoms with Gasteiger partial charge in [-0.1, -0.05) is 17.7 Å². The van der Waals surface area contributed by atoms with Crippen LogP contribution in [0, 0.1) is 6.92 Å². The minimum absolute atomic E-state index is 0.183. The Morgan fingerprint density at radius 2 is 2.10 bits per heavy atom. The van der Waals surface area contributed by atoms with Gasteiger partial charge in [-0.3, -0.25) is 4.79 Å². The summed E-state index contributed by atoms with van der Waals surface area (Å²) in [5.74, 6) is 0.500. The maximum absolute atomic E-state index is 12.2. The lowest BCUT2D eigenvalue weighted by molar-refractivity contribution is 0.102. The van der Waals surface area contributed by atoms with Crippen molar-refractivity contribution in [2.24, 2.45) is 0 Å². The van der Waals surface area contributed by atoms with Crippen molar-refractivity contribution < 1.29 is 4.79 Å². The number of nitrogens with zero attached hydrogens (tertiary/aromatic N) is 1. The van der Waals surface area contributed by atoms with E-state index < -0.39 is 0 Å². The number of hydrogen-bond donors (Lipinski definition) is 2. The largest absolute Gasteiger partial charge is 0.370 e. The lowest BCUT2D eigenvalue weighted by atomic mass is 10.2. The maximum atomic E-state index is 12.2. The zero-order valence-electron chi connectivity index (χ0n) is 11.4. The van der Waals surface area contributed by atoms with E-state index in [4.69, 9.17) is 11.6 Å². The number of carbonyl (C=O) groups excluding carboxylic acids is 1. The van der Waals surface area contributed by atoms with Crippen molar-refractivity contribution >= 4 is 29.0 Å². The minimum atomic E-state index is -0.183. The molecule has 2 rings (SSSR count). The Morgan fingerprint density at radius 1 is 1.30 bits per heavy atom. The minimum Gasteiger partial charge on any atom is -0.370 e. The number of aryl methyl sites for hydroxylation is 1. The SMILES string of the molecule is CCNc1cc(C(=O)Nc2cc(Cl)ccc2C)ccn1. The molecule has 0 spiro atoms. The van der Waals surface area contributed by atoms with Crippen LogP contribution in [-0.4, -0.2) is 17.4 Å². The van der Waals surface area contributed by atoms with Gasteiger partial charge in [0.15, 0.2) is 0 Å². The molecule has 2 N–H and O–H groups in total. The lowest BCUT2D eigenvalue weighted by Gasteiger charge is -2.09. The molecule has 2 aromatic rings. The van der Waals surface area contributed by atoms with Gasteiger partial charge in [-0.25, -0.2) is 4.98 Å². The van der Waals surface area contributed by atoms with Crippen LogP contribution in [-0.2, 0) is 0 Å². The molecule has 0 aliphatic heterocycles. The van der Waals surface area contributed by atoms with Crippen LogP contribution in [0.15, 0.2) is 36.5 Å². The van der Waals surface area contributed by atoms with Crippen LogP contribution in [0.4, 0.5) is 11.5 Å². The van der Waals surface area contributed by atoms with Gasteiger partial charge in [-0.2, -0.15) is 0 Å². The number of benzene rings is 1. The first-order valence-corrected chi connectivity index (χ1v) is 6.75. The summed E-state index contributed by atoms with van der Waals surface area (Å²) in [4.78, 5) is 16.4. The zero-order chi connectivity index (χ0) is 14.5. The Kier molecular flexibility index (Phi) is 4.58. The van der Waals surface area contributed by atoms with Crippen LogP contribution in [0.5, 0.6) is 0 Å². The normalized spacial score (nSPS) is 10.2. The predicted octanol–water partition coefficient (Wildman–Crippen LogP) is 3.73. The number of amides is 1. The van der Waals surface area contributed by atoms with E-state index in [9.17, 15) is 4.79 Å². The van der Waals surface area contributed by atoms with E-state index in [1.807, 2.05) is 19.9 Å². The molecule has 0 radical (unpaired) electrons. The molecule has 104 valence electrons. The molecule has 0 aliphatic carbocycles. The van der Waals surface area contributed by atoms with Crippen molar-refractivity contribution in [1.29, 1.82) is 0 Å². The average molecular weight is 290 g/mol. The number of pyridine rings is 1. The summed E-state index contributed by atoms with van der Waals surface area (Å²) in [5, 5.41) is 6.52. The third-order valence-corrected chi connectivity index (χ3v) is 3.06. The van der Waals surface area contributed by atoms with Crippen molar-refractivity contribution in [3.63, 3.8) is 0 Å². The molecule has 5 heteroatoms. The van der Waals surface area contributed by atoms with Crippen LogP contribution in [0.25, 0.3) is 0 Å². The molecule has 0 atom stereocenters. The smallest absolute Gasteiger partial charge is 0.255 e. The second-order valence-electron chi connectivity index (χ2n) is 4.37. The zero-order valence-corrected chi connectivity index (χ0v) is 12.2. The van der Waals surface area contributed by atoms with Gasteiger partial charge in [0, 0.05) is 29.0 Å². The highest BCUT2D eigenvalue weighted by Gasteiger charge is 2.09. The van der Waals surface area contributed by atoms with Gasteiger partial charge >= 0.3 is 0 Å². The number of halogens is 1. The summed E-state index contributed by atoms with van der Waals surface area (Å²) >= 11 is 5.94. The fourth-order valence-corrected chi connectivity index (χ4v) is 1.95. The predicted molar refractivity (Wildman–Crippen MR) is 82.5 cm³/mol. The van der Waals surface area contributed by atoms with Gasteiger partial charge in [0.2, 0.25) is 0 Å². The average Bonchev–Trinajstić information content (AvgIpc) is 2.43. The quantitative estimate of drug-likeness (QED) is 0.902. The Morgan fingerprint density at radius 3 is 2.85 bits per heavy atom. The van der Waals surface area contributed by atoms with E-state index in [2.05, 4.69) is 15.6 Å². The number of nitrogens with one attached hydrogen (secondary N) is 2. The summed E-state index contributed by atoms with van der Waals surface area (Å²) in [6.45, 7) is 4.65. The Bertz CT molecular complexity index is 628. The highest BCUT2D eigenvalue weighted by atomic mass is 35.5. The van der Waals surface area contributed by atoms with Crippen LogP contribution in [0.3, 0.4) is 0 Å². The summed E-state index contributed by atoms with van der Waals surface area (Å²) in [6.07, 6.45) is 1.61. The molecule has 1 aromatic heterocycles. The molecule has 0 unspecified atom stereocenters. The van der Waals surface area contributed by atoms with Crippen molar-refractivity contribution in [1.82, 2.24) is 4.98 Å². The molecular formula is C15H16ClN3O. The van der Waals surface area contributed by atoms with Gasteiger partial charge in [-0.05, 0) is 43.7 Å². The third-order valence-electron chi connectivity index (χ3n) is 2.83. The maximum Gasteiger partial charge on any atom is 0.255 e. The van der Waals surface area contributed by atoms with Crippen molar-refractivity contribution in [2.45, 2.75) is 13.8 Å². The Hall–Kier alpha value is -2.07. The van der Waals surface area contributed by atoms with Crippen LogP contribution in [0.2, 0.25) is 5.02 Å². The molecule has 1 aromatic carbocycles. The lowest BCUT2D eigenvalue weighted by Crippen LogP contribution is -2.13. The summed E-state index contributed by atoms with van der Waals surface area (Å²) in [7, 11) is 0. The fourth-order valence-electron chi connectivity index (χ4n) is 1.77. The summed E-state index contributed by atoms with van der Waals surface area (Å²) < 4.78 is 0. The highest BCUT2D eigenvalue weighted by Crippen LogP contribution is 2.21. The number of hydrogen-bond acceptors (Lipinski definition) is 3. The van der Waals surface area contributed by atoms with E-state index in [1.54, 1.807) is 30.5 Å². The molecule has 4 nitrogen and oxygen atoms in total. The van der Waals surface area contributed by atoms with Crippen molar-refractivity contribution in [3.05, 3.63) is 52.7 Å².